The molecule has 0 saturated heterocycles. The smallest absolute Gasteiger partial charge is 0.336 e. The Morgan fingerprint density at radius 1 is 0.917 bits per heavy atom. The minimum Gasteiger partial charge on any atom is -0.416 e. The van der Waals surface area contributed by atoms with Crippen molar-refractivity contribution < 1.29 is 8.98 Å². The van der Waals surface area contributed by atoms with Crippen molar-refractivity contribution in [2.24, 2.45) is 7.05 Å². The van der Waals surface area contributed by atoms with E-state index in [9.17, 15) is 0 Å². The van der Waals surface area contributed by atoms with Crippen LogP contribution in [0.25, 0.3) is 39.0 Å². The molecule has 2 heterocycles. The highest BCUT2D eigenvalue weighted by molar-refractivity contribution is 6.05. The second-order valence-corrected chi connectivity index (χ2v) is 6.29. The fourth-order valence-corrected chi connectivity index (χ4v) is 3.63. The molecule has 2 aromatic heterocycles. The third-order valence-electron chi connectivity index (χ3n) is 4.76. The first-order valence-electron chi connectivity index (χ1n) is 8.11. The number of hydrogen-bond acceptors (Lipinski definition) is 1. The molecule has 0 radical (unpaired) electrons. The number of benzene rings is 3. The normalized spacial score (nSPS) is 11.8. The Labute approximate surface area is 139 Å². The number of fused-ring (bicyclic) bond motifs is 5. The number of rotatable bonds is 1. The molecule has 0 spiro atoms. The predicted octanol–water partition coefficient (Wildman–Crippen LogP) is 4.64. The Morgan fingerprint density at radius 3 is 2.58 bits per heavy atom. The van der Waals surface area contributed by atoms with Crippen molar-refractivity contribution in [2.45, 2.75) is 6.92 Å². The summed E-state index contributed by atoms with van der Waals surface area (Å²) in [5.41, 5.74) is 5.38. The highest BCUT2D eigenvalue weighted by Crippen LogP contribution is 2.32. The summed E-state index contributed by atoms with van der Waals surface area (Å²) in [7, 11) is 2.07. The summed E-state index contributed by atoms with van der Waals surface area (Å²) in [5.74, 6) is 1.14. The third kappa shape index (κ3) is 1.69. The van der Waals surface area contributed by atoms with Gasteiger partial charge >= 0.3 is 5.71 Å². The van der Waals surface area contributed by atoms with Crippen LogP contribution in [0.5, 0.6) is 0 Å². The van der Waals surface area contributed by atoms with Crippen molar-refractivity contribution in [1.82, 2.24) is 4.40 Å². The Balaban J connectivity index is 2.03. The molecule has 0 amide bonds. The van der Waals surface area contributed by atoms with E-state index in [-0.39, 0.29) is 0 Å². The van der Waals surface area contributed by atoms with E-state index in [0.29, 0.717) is 0 Å². The van der Waals surface area contributed by atoms with E-state index in [4.69, 9.17) is 4.42 Å². The maximum Gasteiger partial charge on any atom is 0.336 e. The second kappa shape index (κ2) is 4.71. The zero-order chi connectivity index (χ0) is 16.3. The summed E-state index contributed by atoms with van der Waals surface area (Å²) >= 11 is 0. The maximum absolute atomic E-state index is 6.13. The van der Waals surface area contributed by atoms with Crippen LogP contribution in [0.15, 0.2) is 71.3 Å². The minimum absolute atomic E-state index is 0.863. The topological polar surface area (TPSA) is 21.4 Å². The molecule has 0 saturated carbocycles. The lowest BCUT2D eigenvalue weighted by Gasteiger charge is -2.02. The molecule has 0 aliphatic rings. The van der Waals surface area contributed by atoms with Crippen molar-refractivity contribution in [3.8, 4) is 11.4 Å². The SMILES string of the molecule is Cc1ccccc1-c1n2c(c[n+]1C)oc1ccc3ccccc3c12. The van der Waals surface area contributed by atoms with E-state index in [1.165, 1.54) is 21.9 Å². The summed E-state index contributed by atoms with van der Waals surface area (Å²) in [6.45, 7) is 2.15. The molecule has 3 nitrogen and oxygen atoms in total. The average molecular weight is 313 g/mol. The Morgan fingerprint density at radius 2 is 1.71 bits per heavy atom. The van der Waals surface area contributed by atoms with Crippen LogP contribution < -0.4 is 4.57 Å². The average Bonchev–Trinajstić information content (AvgIpc) is 3.10. The largest absolute Gasteiger partial charge is 0.416 e. The summed E-state index contributed by atoms with van der Waals surface area (Å²) in [6, 6.07) is 21.1. The summed E-state index contributed by atoms with van der Waals surface area (Å²) in [4.78, 5) is 0. The van der Waals surface area contributed by atoms with Crippen LogP contribution in [0.4, 0.5) is 0 Å². The molecule has 5 rings (SSSR count). The molecule has 0 aliphatic heterocycles. The monoisotopic (exact) mass is 313 g/mol. The van der Waals surface area contributed by atoms with Crippen LogP contribution >= 0.6 is 0 Å². The molecule has 0 fully saturated rings. The van der Waals surface area contributed by atoms with Crippen molar-refractivity contribution >= 4 is 27.6 Å². The zero-order valence-corrected chi connectivity index (χ0v) is 13.7. The van der Waals surface area contributed by atoms with Gasteiger partial charge < -0.3 is 4.42 Å². The van der Waals surface area contributed by atoms with Gasteiger partial charge in [0.1, 0.15) is 0 Å². The van der Waals surface area contributed by atoms with Crippen molar-refractivity contribution in [3.05, 3.63) is 72.4 Å². The maximum atomic E-state index is 6.13. The Bertz CT molecular complexity index is 1230. The summed E-state index contributed by atoms with van der Waals surface area (Å²) < 4.78 is 10.5. The molecule has 5 aromatic rings. The van der Waals surface area contributed by atoms with E-state index in [2.05, 4.69) is 89.8 Å². The van der Waals surface area contributed by atoms with Crippen molar-refractivity contribution in [3.63, 3.8) is 0 Å². The van der Waals surface area contributed by atoms with E-state index in [1.807, 2.05) is 0 Å². The number of imidazole rings is 1. The highest BCUT2D eigenvalue weighted by Gasteiger charge is 2.26. The molecule has 3 heteroatoms. The van der Waals surface area contributed by atoms with Gasteiger partial charge in [0.05, 0.1) is 12.6 Å². The predicted molar refractivity (Wildman–Crippen MR) is 96.0 cm³/mol. The summed E-state index contributed by atoms with van der Waals surface area (Å²) in [6.07, 6.45) is 2.05. The van der Waals surface area contributed by atoms with Gasteiger partial charge in [-0.25, -0.2) is 4.57 Å². The lowest BCUT2D eigenvalue weighted by atomic mass is 10.1. The van der Waals surface area contributed by atoms with E-state index in [1.54, 1.807) is 0 Å². The Hall–Kier alpha value is -3.07. The van der Waals surface area contributed by atoms with Crippen molar-refractivity contribution in [2.75, 3.05) is 0 Å². The molecule has 24 heavy (non-hydrogen) atoms. The van der Waals surface area contributed by atoms with E-state index >= 15 is 0 Å². The number of aromatic nitrogens is 2. The first-order valence-corrected chi connectivity index (χ1v) is 8.11. The molecule has 0 aliphatic carbocycles. The van der Waals surface area contributed by atoms with Crippen LogP contribution in [0.2, 0.25) is 0 Å². The molecular formula is C21H17N2O+. The standard InChI is InChI=1S/C21H17N2O/c1-14-7-3-5-9-16(14)21-22(2)13-19-23(21)20-17-10-6-4-8-15(17)11-12-18(20)24-19/h3-13H,1-2H3/q+1. The Kier molecular flexibility index (Phi) is 2.63. The fourth-order valence-electron chi connectivity index (χ4n) is 3.63. The van der Waals surface area contributed by atoms with Crippen LogP contribution in [0, 0.1) is 6.92 Å². The fraction of sp³-hybridized carbons (Fsp3) is 0.0952. The van der Waals surface area contributed by atoms with Gasteiger partial charge in [0.25, 0.3) is 5.82 Å². The van der Waals surface area contributed by atoms with Gasteiger partial charge in [-0.05, 0) is 36.1 Å². The number of hydrogen-bond donors (Lipinski definition) is 0. The highest BCUT2D eigenvalue weighted by atomic mass is 16.3. The van der Waals surface area contributed by atoms with E-state index in [0.717, 1.165) is 22.6 Å². The van der Waals surface area contributed by atoms with Gasteiger partial charge in [-0.3, -0.25) is 0 Å². The van der Waals surface area contributed by atoms with Gasteiger partial charge in [0, 0.05) is 5.39 Å². The summed E-state index contributed by atoms with van der Waals surface area (Å²) in [5, 5.41) is 2.43. The van der Waals surface area contributed by atoms with Crippen LogP contribution in [-0.4, -0.2) is 4.40 Å². The quantitative estimate of drug-likeness (QED) is 0.413. The number of aryl methyl sites for hydroxylation is 2. The van der Waals surface area contributed by atoms with Gasteiger partial charge in [-0.1, -0.05) is 42.5 Å². The molecular weight excluding hydrogens is 296 g/mol. The van der Waals surface area contributed by atoms with Gasteiger partial charge in [0.15, 0.2) is 17.3 Å². The number of nitrogens with zero attached hydrogens (tertiary/aromatic N) is 2. The van der Waals surface area contributed by atoms with Crippen LogP contribution in [-0.2, 0) is 7.05 Å². The van der Waals surface area contributed by atoms with Gasteiger partial charge in [-0.2, -0.15) is 4.40 Å². The second-order valence-electron chi connectivity index (χ2n) is 6.29. The first kappa shape index (κ1) is 13.4. The lowest BCUT2D eigenvalue weighted by Crippen LogP contribution is -2.28. The van der Waals surface area contributed by atoms with Gasteiger partial charge in [-0.15, -0.1) is 0 Å². The minimum atomic E-state index is 0.863. The molecule has 3 aromatic carbocycles. The van der Waals surface area contributed by atoms with Crippen molar-refractivity contribution in [1.29, 1.82) is 0 Å². The number of oxazole rings is 1. The molecule has 0 unspecified atom stereocenters. The van der Waals surface area contributed by atoms with Crippen LogP contribution in [0.3, 0.4) is 0 Å². The molecule has 116 valence electrons. The van der Waals surface area contributed by atoms with Gasteiger partial charge in [0.2, 0.25) is 0 Å². The van der Waals surface area contributed by atoms with Crippen LogP contribution in [0.1, 0.15) is 5.56 Å². The lowest BCUT2D eigenvalue weighted by molar-refractivity contribution is -0.658. The third-order valence-corrected chi connectivity index (χ3v) is 4.76. The first-order chi connectivity index (χ1) is 11.7. The molecule has 0 bridgehead atoms. The zero-order valence-electron chi connectivity index (χ0n) is 13.7. The van der Waals surface area contributed by atoms with E-state index < -0.39 is 0 Å². The molecule has 0 N–H and O–H groups in total. The molecule has 0 atom stereocenters.